The summed E-state index contributed by atoms with van der Waals surface area (Å²) in [7, 11) is 1.66. The van der Waals surface area contributed by atoms with Crippen molar-refractivity contribution in [2.45, 2.75) is 13.3 Å². The van der Waals surface area contributed by atoms with Crippen molar-refractivity contribution in [2.75, 3.05) is 7.05 Å². The van der Waals surface area contributed by atoms with Crippen LogP contribution >= 0.6 is 0 Å². The van der Waals surface area contributed by atoms with Gasteiger partial charge in [0, 0.05) is 18.7 Å². The van der Waals surface area contributed by atoms with Gasteiger partial charge in [-0.05, 0) is 24.1 Å². The lowest BCUT2D eigenvalue weighted by molar-refractivity contribution is 0.732. The summed E-state index contributed by atoms with van der Waals surface area (Å²) >= 11 is 0. The topological polar surface area (TPSA) is 50.7 Å². The Balaban J connectivity index is 2.86. The van der Waals surface area contributed by atoms with Gasteiger partial charge in [-0.25, -0.2) is 0 Å². The number of hydrogen-bond acceptors (Lipinski definition) is 3. The molecule has 0 heterocycles. The van der Waals surface area contributed by atoms with E-state index in [0.717, 1.165) is 17.7 Å². The van der Waals surface area contributed by atoms with Crippen LogP contribution in [0.25, 0.3) is 0 Å². The molecule has 0 saturated heterocycles. The van der Waals surface area contributed by atoms with Crippen LogP contribution in [-0.2, 0) is 0 Å². The van der Waals surface area contributed by atoms with Gasteiger partial charge in [-0.1, -0.05) is 13.0 Å². The first kappa shape index (κ1) is 9.71. The van der Waals surface area contributed by atoms with Crippen LogP contribution in [0.5, 0.6) is 0 Å². The molecule has 1 atom stereocenters. The predicted molar refractivity (Wildman–Crippen MR) is 54.1 cm³/mol. The lowest BCUT2D eigenvalue weighted by Gasteiger charge is -2.15. The fraction of sp³-hybridized carbons (Fsp3) is 0.400. The minimum absolute atomic E-state index is 0.429. The monoisotopic (exact) mass is 177 g/mol. The standard InChI is InChI=1S/C10H15N3/c1-3-8-4-5-10(11)6-9(8)7-13-12-2/h4-8H,3,11H2,1-2H3/b9-7-,13-12-. The number of rotatable bonds is 2. The molecule has 0 aromatic carbocycles. The van der Waals surface area contributed by atoms with Crippen molar-refractivity contribution in [3.8, 4) is 0 Å². The van der Waals surface area contributed by atoms with Gasteiger partial charge in [0.1, 0.15) is 0 Å². The zero-order chi connectivity index (χ0) is 9.68. The van der Waals surface area contributed by atoms with Crippen LogP contribution in [0, 0.1) is 5.92 Å². The molecule has 3 nitrogen and oxygen atoms in total. The van der Waals surface area contributed by atoms with E-state index < -0.39 is 0 Å². The van der Waals surface area contributed by atoms with Gasteiger partial charge in [0.25, 0.3) is 0 Å². The molecule has 1 unspecified atom stereocenters. The lowest BCUT2D eigenvalue weighted by atomic mass is 9.92. The molecule has 0 amide bonds. The maximum Gasteiger partial charge on any atom is 0.0529 e. The minimum Gasteiger partial charge on any atom is -0.399 e. The average molecular weight is 177 g/mol. The van der Waals surface area contributed by atoms with E-state index in [-0.39, 0.29) is 0 Å². The van der Waals surface area contributed by atoms with Gasteiger partial charge in [-0.15, -0.1) is 0 Å². The normalized spacial score (nSPS) is 25.5. The van der Waals surface area contributed by atoms with Gasteiger partial charge in [-0.3, -0.25) is 0 Å². The number of nitrogens with zero attached hydrogens (tertiary/aromatic N) is 2. The summed E-state index contributed by atoms with van der Waals surface area (Å²) in [6.45, 7) is 2.14. The molecule has 2 N–H and O–H groups in total. The van der Waals surface area contributed by atoms with Crippen LogP contribution in [0.1, 0.15) is 13.3 Å². The molecule has 13 heavy (non-hydrogen) atoms. The average Bonchev–Trinajstić information content (AvgIpc) is 2.15. The third kappa shape index (κ3) is 2.54. The second-order valence-corrected chi connectivity index (χ2v) is 2.96. The molecule has 1 aliphatic rings. The van der Waals surface area contributed by atoms with Crippen LogP contribution < -0.4 is 5.73 Å². The summed E-state index contributed by atoms with van der Waals surface area (Å²) in [5, 5.41) is 7.54. The van der Waals surface area contributed by atoms with Crippen molar-refractivity contribution in [3.05, 3.63) is 35.7 Å². The molecule has 0 bridgehead atoms. The van der Waals surface area contributed by atoms with Crippen LogP contribution in [0.3, 0.4) is 0 Å². The quantitative estimate of drug-likeness (QED) is 0.647. The number of hydrogen-bond donors (Lipinski definition) is 1. The Morgan fingerprint density at radius 1 is 1.62 bits per heavy atom. The van der Waals surface area contributed by atoms with Crippen molar-refractivity contribution < 1.29 is 0 Å². The summed E-state index contributed by atoms with van der Waals surface area (Å²) < 4.78 is 0. The number of nitrogens with two attached hydrogens (primary N) is 1. The van der Waals surface area contributed by atoms with Gasteiger partial charge >= 0.3 is 0 Å². The highest BCUT2D eigenvalue weighted by Crippen LogP contribution is 2.23. The number of allylic oxidation sites excluding steroid dienone is 4. The first-order valence-corrected chi connectivity index (χ1v) is 4.42. The SMILES string of the molecule is CCC1C=CC(N)=C/C1=C/N=N\C. The highest BCUT2D eigenvalue weighted by Gasteiger charge is 2.10. The Bertz CT molecular complexity index is 285. The largest absolute Gasteiger partial charge is 0.399 e. The summed E-state index contributed by atoms with van der Waals surface area (Å²) in [4.78, 5) is 0. The van der Waals surface area contributed by atoms with E-state index in [0.29, 0.717) is 5.92 Å². The van der Waals surface area contributed by atoms with E-state index in [1.54, 1.807) is 13.2 Å². The summed E-state index contributed by atoms with van der Waals surface area (Å²) in [6.07, 6.45) is 8.82. The maximum absolute atomic E-state index is 5.67. The second kappa shape index (κ2) is 4.60. The van der Waals surface area contributed by atoms with Crippen molar-refractivity contribution in [3.63, 3.8) is 0 Å². The zero-order valence-corrected chi connectivity index (χ0v) is 8.07. The van der Waals surface area contributed by atoms with E-state index in [1.807, 2.05) is 12.2 Å². The van der Waals surface area contributed by atoms with Crippen molar-refractivity contribution in [1.29, 1.82) is 0 Å². The van der Waals surface area contributed by atoms with E-state index in [4.69, 9.17) is 5.73 Å². The fourth-order valence-electron chi connectivity index (χ4n) is 1.32. The third-order valence-corrected chi connectivity index (χ3v) is 2.04. The van der Waals surface area contributed by atoms with Crippen molar-refractivity contribution in [1.82, 2.24) is 0 Å². The van der Waals surface area contributed by atoms with Gasteiger partial charge < -0.3 is 5.73 Å². The molecule has 0 spiro atoms. The first-order valence-electron chi connectivity index (χ1n) is 4.42. The Hall–Kier alpha value is -1.38. The second-order valence-electron chi connectivity index (χ2n) is 2.96. The van der Waals surface area contributed by atoms with Gasteiger partial charge in [0.2, 0.25) is 0 Å². The summed E-state index contributed by atoms with van der Waals surface area (Å²) in [5.74, 6) is 0.429. The van der Waals surface area contributed by atoms with Crippen LogP contribution in [0.15, 0.2) is 45.9 Å². The zero-order valence-electron chi connectivity index (χ0n) is 8.07. The molecule has 0 aromatic heterocycles. The highest BCUT2D eigenvalue weighted by atomic mass is 15.1. The highest BCUT2D eigenvalue weighted by molar-refractivity contribution is 5.37. The Morgan fingerprint density at radius 2 is 2.38 bits per heavy atom. The van der Waals surface area contributed by atoms with E-state index in [2.05, 4.69) is 23.2 Å². The van der Waals surface area contributed by atoms with Crippen LogP contribution in [0.4, 0.5) is 0 Å². The molecule has 0 saturated carbocycles. The number of azo groups is 1. The van der Waals surface area contributed by atoms with E-state index in [9.17, 15) is 0 Å². The molecule has 1 rings (SSSR count). The molecule has 3 heteroatoms. The van der Waals surface area contributed by atoms with E-state index in [1.165, 1.54) is 0 Å². The molecule has 1 aliphatic carbocycles. The van der Waals surface area contributed by atoms with E-state index >= 15 is 0 Å². The molecule has 70 valence electrons. The van der Waals surface area contributed by atoms with Gasteiger partial charge in [0.05, 0.1) is 6.20 Å². The minimum atomic E-state index is 0.429. The smallest absolute Gasteiger partial charge is 0.0529 e. The Morgan fingerprint density at radius 3 is 3.00 bits per heavy atom. The fourth-order valence-corrected chi connectivity index (χ4v) is 1.32. The third-order valence-electron chi connectivity index (χ3n) is 2.04. The van der Waals surface area contributed by atoms with Crippen molar-refractivity contribution >= 4 is 0 Å². The Kier molecular flexibility index (Phi) is 3.43. The summed E-state index contributed by atoms with van der Waals surface area (Å²) in [6, 6.07) is 0. The van der Waals surface area contributed by atoms with Crippen molar-refractivity contribution in [2.24, 2.45) is 21.9 Å². The lowest BCUT2D eigenvalue weighted by Crippen LogP contribution is -2.06. The molecule has 0 radical (unpaired) electrons. The Labute approximate surface area is 78.7 Å². The predicted octanol–water partition coefficient (Wildman–Crippen LogP) is 2.39. The maximum atomic E-state index is 5.67. The first-order chi connectivity index (χ1) is 6.27. The van der Waals surface area contributed by atoms with Gasteiger partial charge in [0.15, 0.2) is 0 Å². The summed E-state index contributed by atoms with van der Waals surface area (Å²) in [5.41, 5.74) is 7.59. The van der Waals surface area contributed by atoms with Gasteiger partial charge in [-0.2, -0.15) is 10.2 Å². The molecule has 0 aromatic rings. The molecule has 0 fully saturated rings. The molecule has 0 aliphatic heterocycles. The van der Waals surface area contributed by atoms with Crippen LogP contribution in [-0.4, -0.2) is 7.05 Å². The molecular weight excluding hydrogens is 162 g/mol. The molecular formula is C10H15N3. The van der Waals surface area contributed by atoms with Crippen LogP contribution in [0.2, 0.25) is 0 Å².